The molecule has 120 valence electrons. The van der Waals surface area contributed by atoms with Crippen LogP contribution in [0.5, 0.6) is 0 Å². The Kier molecular flexibility index (Phi) is 6.89. The van der Waals surface area contributed by atoms with Crippen LogP contribution in [0.4, 0.5) is 0 Å². The van der Waals surface area contributed by atoms with Crippen molar-refractivity contribution in [2.75, 3.05) is 20.3 Å². The summed E-state index contributed by atoms with van der Waals surface area (Å²) in [5, 5.41) is 3.79. The average molecular weight is 291 g/mol. The number of rotatable bonds is 8. The van der Waals surface area contributed by atoms with E-state index in [-0.39, 0.29) is 5.41 Å². The molecule has 0 spiro atoms. The van der Waals surface area contributed by atoms with Gasteiger partial charge in [-0.1, -0.05) is 65.0 Å². The third kappa shape index (κ3) is 7.63. The molecule has 1 rings (SSSR count). The second-order valence-electron chi connectivity index (χ2n) is 8.02. The van der Waals surface area contributed by atoms with E-state index in [4.69, 9.17) is 4.74 Å². The Bertz CT molecular complexity index is 392. The summed E-state index contributed by atoms with van der Waals surface area (Å²) < 4.78 is 5.22. The zero-order valence-corrected chi connectivity index (χ0v) is 14.7. The fraction of sp³-hybridized carbons (Fsp3) is 0.684. The molecule has 0 aromatic heterocycles. The summed E-state index contributed by atoms with van der Waals surface area (Å²) in [7, 11) is 1.77. The van der Waals surface area contributed by atoms with Crippen LogP contribution in [-0.4, -0.2) is 20.3 Å². The standard InChI is InChI=1S/C19H33NO/c1-18(2,3)14-17(16-10-8-7-9-11-16)20-15-19(4,5)12-13-21-6/h7-11,17,20H,12-15H2,1-6H3. The molecule has 0 fully saturated rings. The second-order valence-corrected chi connectivity index (χ2v) is 8.02. The first-order chi connectivity index (χ1) is 9.73. The van der Waals surface area contributed by atoms with E-state index in [2.05, 4.69) is 70.3 Å². The van der Waals surface area contributed by atoms with Crippen LogP contribution in [0.2, 0.25) is 0 Å². The predicted octanol–water partition coefficient (Wildman–Crippen LogP) is 4.82. The monoisotopic (exact) mass is 291 g/mol. The molecular formula is C19H33NO. The average Bonchev–Trinajstić information content (AvgIpc) is 2.41. The highest BCUT2D eigenvalue weighted by Gasteiger charge is 2.23. The molecule has 0 aliphatic rings. The van der Waals surface area contributed by atoms with Crippen molar-refractivity contribution in [1.29, 1.82) is 0 Å². The van der Waals surface area contributed by atoms with Crippen LogP contribution in [-0.2, 0) is 4.74 Å². The number of hydrogen-bond acceptors (Lipinski definition) is 2. The summed E-state index contributed by atoms with van der Waals surface area (Å²) in [4.78, 5) is 0. The normalized spacial score (nSPS) is 14.2. The van der Waals surface area contributed by atoms with Gasteiger partial charge in [0.25, 0.3) is 0 Å². The van der Waals surface area contributed by atoms with E-state index in [0.717, 1.165) is 26.0 Å². The van der Waals surface area contributed by atoms with Gasteiger partial charge in [0.2, 0.25) is 0 Å². The van der Waals surface area contributed by atoms with Gasteiger partial charge in [-0.25, -0.2) is 0 Å². The Morgan fingerprint density at radius 1 is 1.05 bits per heavy atom. The summed E-state index contributed by atoms with van der Waals surface area (Å²) in [5.41, 5.74) is 1.94. The zero-order valence-electron chi connectivity index (χ0n) is 14.7. The molecule has 2 nitrogen and oxygen atoms in total. The first-order valence-corrected chi connectivity index (χ1v) is 8.01. The lowest BCUT2D eigenvalue weighted by molar-refractivity contribution is 0.147. The smallest absolute Gasteiger partial charge is 0.0467 e. The van der Waals surface area contributed by atoms with Gasteiger partial charge in [-0.3, -0.25) is 0 Å². The Hall–Kier alpha value is -0.860. The van der Waals surface area contributed by atoms with Crippen LogP contribution in [0.25, 0.3) is 0 Å². The maximum atomic E-state index is 5.22. The van der Waals surface area contributed by atoms with Crippen LogP contribution < -0.4 is 5.32 Å². The van der Waals surface area contributed by atoms with Crippen molar-refractivity contribution in [3.05, 3.63) is 35.9 Å². The van der Waals surface area contributed by atoms with Gasteiger partial charge in [0.15, 0.2) is 0 Å². The minimum atomic E-state index is 0.251. The molecule has 21 heavy (non-hydrogen) atoms. The fourth-order valence-corrected chi connectivity index (χ4v) is 2.47. The van der Waals surface area contributed by atoms with Crippen LogP contribution in [0.1, 0.15) is 59.1 Å². The Balaban J connectivity index is 2.70. The van der Waals surface area contributed by atoms with E-state index >= 15 is 0 Å². The molecule has 1 aromatic carbocycles. The second kappa shape index (κ2) is 7.95. The van der Waals surface area contributed by atoms with Crippen molar-refractivity contribution in [3.63, 3.8) is 0 Å². The third-order valence-electron chi connectivity index (χ3n) is 3.83. The van der Waals surface area contributed by atoms with Gasteiger partial charge in [0.1, 0.15) is 0 Å². The van der Waals surface area contributed by atoms with Crippen molar-refractivity contribution >= 4 is 0 Å². The highest BCUT2D eigenvalue weighted by atomic mass is 16.5. The molecule has 2 heteroatoms. The van der Waals surface area contributed by atoms with Crippen LogP contribution in [0, 0.1) is 10.8 Å². The number of benzene rings is 1. The van der Waals surface area contributed by atoms with Gasteiger partial charge in [-0.05, 0) is 29.2 Å². The first kappa shape index (κ1) is 18.2. The number of ether oxygens (including phenoxy) is 1. The topological polar surface area (TPSA) is 21.3 Å². The molecule has 1 N–H and O–H groups in total. The highest BCUT2D eigenvalue weighted by molar-refractivity contribution is 5.19. The third-order valence-corrected chi connectivity index (χ3v) is 3.83. The van der Waals surface area contributed by atoms with Crippen LogP contribution >= 0.6 is 0 Å². The number of hydrogen-bond donors (Lipinski definition) is 1. The molecule has 0 aliphatic heterocycles. The molecule has 0 radical (unpaired) electrons. The van der Waals surface area contributed by atoms with Gasteiger partial charge in [-0.2, -0.15) is 0 Å². The molecule has 0 amide bonds. The SMILES string of the molecule is COCCC(C)(C)CNC(CC(C)(C)C)c1ccccc1. The summed E-state index contributed by atoms with van der Waals surface area (Å²) in [6.45, 7) is 13.4. The zero-order chi connectivity index (χ0) is 15.9. The largest absolute Gasteiger partial charge is 0.385 e. The number of methoxy groups -OCH3 is 1. The highest BCUT2D eigenvalue weighted by Crippen LogP contribution is 2.30. The van der Waals surface area contributed by atoms with E-state index in [9.17, 15) is 0 Å². The molecule has 1 aromatic rings. The van der Waals surface area contributed by atoms with Gasteiger partial charge >= 0.3 is 0 Å². The van der Waals surface area contributed by atoms with Crippen LogP contribution in [0.15, 0.2) is 30.3 Å². The maximum Gasteiger partial charge on any atom is 0.0467 e. The summed E-state index contributed by atoms with van der Waals surface area (Å²) in [6, 6.07) is 11.2. The lowest BCUT2D eigenvalue weighted by Crippen LogP contribution is -2.34. The van der Waals surface area contributed by atoms with Gasteiger partial charge < -0.3 is 10.1 Å². The van der Waals surface area contributed by atoms with Crippen molar-refractivity contribution in [2.45, 2.75) is 53.5 Å². The quantitative estimate of drug-likeness (QED) is 0.741. The van der Waals surface area contributed by atoms with Crippen molar-refractivity contribution in [2.24, 2.45) is 10.8 Å². The van der Waals surface area contributed by atoms with Crippen molar-refractivity contribution in [1.82, 2.24) is 5.32 Å². The van der Waals surface area contributed by atoms with E-state index in [1.54, 1.807) is 7.11 Å². The summed E-state index contributed by atoms with van der Waals surface area (Å²) in [6.07, 6.45) is 2.21. The van der Waals surface area contributed by atoms with E-state index in [1.807, 2.05) is 0 Å². The molecule has 0 aliphatic carbocycles. The predicted molar refractivity (Wildman–Crippen MR) is 91.5 cm³/mol. The fourth-order valence-electron chi connectivity index (χ4n) is 2.47. The van der Waals surface area contributed by atoms with Crippen LogP contribution in [0.3, 0.4) is 0 Å². The summed E-state index contributed by atoms with van der Waals surface area (Å²) >= 11 is 0. The van der Waals surface area contributed by atoms with Crippen molar-refractivity contribution in [3.8, 4) is 0 Å². The molecule has 1 unspecified atom stereocenters. The molecule has 0 saturated carbocycles. The summed E-state index contributed by atoms with van der Waals surface area (Å²) in [5.74, 6) is 0. The van der Waals surface area contributed by atoms with Gasteiger partial charge in [0, 0.05) is 26.3 Å². The molecular weight excluding hydrogens is 258 g/mol. The van der Waals surface area contributed by atoms with Crippen molar-refractivity contribution < 1.29 is 4.74 Å². The van der Waals surface area contributed by atoms with Gasteiger partial charge in [0.05, 0.1) is 0 Å². The molecule has 0 bridgehead atoms. The Labute approximate surface area is 131 Å². The minimum Gasteiger partial charge on any atom is -0.385 e. The number of nitrogens with one attached hydrogen (secondary N) is 1. The Morgan fingerprint density at radius 2 is 1.67 bits per heavy atom. The van der Waals surface area contributed by atoms with Gasteiger partial charge in [-0.15, -0.1) is 0 Å². The van der Waals surface area contributed by atoms with E-state index in [0.29, 0.717) is 11.5 Å². The van der Waals surface area contributed by atoms with E-state index < -0.39 is 0 Å². The lowest BCUT2D eigenvalue weighted by atomic mass is 9.84. The molecule has 1 atom stereocenters. The first-order valence-electron chi connectivity index (χ1n) is 8.01. The molecule has 0 saturated heterocycles. The molecule has 0 heterocycles. The maximum absolute atomic E-state index is 5.22. The van der Waals surface area contributed by atoms with E-state index in [1.165, 1.54) is 5.56 Å². The Morgan fingerprint density at radius 3 is 2.19 bits per heavy atom. The minimum absolute atomic E-state index is 0.251. The lowest BCUT2D eigenvalue weighted by Gasteiger charge is -2.32.